The minimum atomic E-state index is -4.27. The van der Waals surface area contributed by atoms with Crippen LogP contribution in [0.1, 0.15) is 37.3 Å². The van der Waals surface area contributed by atoms with E-state index in [4.69, 9.17) is 4.84 Å². The number of likely N-dealkylation sites (tertiary alicyclic amines) is 1. The maximum absolute atomic E-state index is 12.5. The van der Waals surface area contributed by atoms with Crippen LogP contribution in [0.15, 0.2) is 29.4 Å². The highest BCUT2D eigenvalue weighted by molar-refractivity contribution is 5.83. The molecule has 1 aromatic carbocycles. The lowest BCUT2D eigenvalue weighted by molar-refractivity contribution is -0.137. The summed E-state index contributed by atoms with van der Waals surface area (Å²) in [4.78, 5) is 7.84. The third kappa shape index (κ3) is 3.27. The van der Waals surface area contributed by atoms with Gasteiger partial charge in [-0.3, -0.25) is 4.90 Å². The van der Waals surface area contributed by atoms with Crippen molar-refractivity contribution < 1.29 is 18.0 Å². The van der Waals surface area contributed by atoms with Crippen molar-refractivity contribution >= 4 is 5.71 Å². The van der Waals surface area contributed by atoms with Crippen LogP contribution in [0.25, 0.3) is 0 Å². The van der Waals surface area contributed by atoms with Crippen molar-refractivity contribution in [1.29, 1.82) is 0 Å². The Morgan fingerprint density at radius 3 is 2.32 bits per heavy atom. The number of nitrogens with zero attached hydrogens (tertiary/aromatic N) is 2. The molecule has 0 radical (unpaired) electrons. The fourth-order valence-electron chi connectivity index (χ4n) is 3.15. The molecule has 0 aromatic heterocycles. The molecule has 0 saturated carbocycles. The average molecular weight is 312 g/mol. The van der Waals surface area contributed by atoms with Gasteiger partial charge in [0.25, 0.3) is 0 Å². The zero-order valence-electron chi connectivity index (χ0n) is 12.5. The first-order valence-electron chi connectivity index (χ1n) is 7.47. The van der Waals surface area contributed by atoms with Crippen molar-refractivity contribution in [3.63, 3.8) is 0 Å². The van der Waals surface area contributed by atoms with Gasteiger partial charge in [-0.1, -0.05) is 17.3 Å². The quantitative estimate of drug-likeness (QED) is 0.829. The zero-order valence-corrected chi connectivity index (χ0v) is 12.5. The topological polar surface area (TPSA) is 24.8 Å². The van der Waals surface area contributed by atoms with Gasteiger partial charge in [-0.25, -0.2) is 0 Å². The van der Waals surface area contributed by atoms with Crippen LogP contribution in [-0.2, 0) is 17.6 Å². The summed E-state index contributed by atoms with van der Waals surface area (Å²) in [7, 11) is 0. The lowest BCUT2D eigenvalue weighted by Gasteiger charge is -2.37. The number of hydrogen-bond acceptors (Lipinski definition) is 3. The van der Waals surface area contributed by atoms with E-state index in [1.165, 1.54) is 0 Å². The molecule has 2 heterocycles. The summed E-state index contributed by atoms with van der Waals surface area (Å²) in [5.74, 6) is 0. The van der Waals surface area contributed by atoms with E-state index in [0.717, 1.165) is 55.8 Å². The van der Waals surface area contributed by atoms with E-state index in [2.05, 4.69) is 10.1 Å². The molecule has 0 bridgehead atoms. The molecule has 0 N–H and O–H groups in total. The first kappa shape index (κ1) is 15.3. The van der Waals surface area contributed by atoms with Gasteiger partial charge in [-0.15, -0.1) is 0 Å². The number of hydrogen-bond donors (Lipinski definition) is 0. The Morgan fingerprint density at radius 2 is 1.82 bits per heavy atom. The predicted octanol–water partition coefficient (Wildman–Crippen LogP) is 3.84. The first-order chi connectivity index (χ1) is 10.4. The van der Waals surface area contributed by atoms with Gasteiger partial charge in [0, 0.05) is 38.9 Å². The Bertz CT molecular complexity index is 558. The molecule has 1 saturated heterocycles. The molecule has 0 amide bonds. The molecule has 2 aliphatic rings. The van der Waals surface area contributed by atoms with E-state index >= 15 is 0 Å². The maximum Gasteiger partial charge on any atom is 0.416 e. The van der Waals surface area contributed by atoms with Gasteiger partial charge >= 0.3 is 6.18 Å². The second-order valence-electron chi connectivity index (χ2n) is 6.25. The summed E-state index contributed by atoms with van der Waals surface area (Å²) in [5, 5.41) is 4.05. The van der Waals surface area contributed by atoms with E-state index in [0.29, 0.717) is 6.54 Å². The van der Waals surface area contributed by atoms with Gasteiger partial charge in [0.15, 0.2) is 0 Å². The molecule has 120 valence electrons. The molecule has 1 spiro atoms. The van der Waals surface area contributed by atoms with Gasteiger partial charge in [-0.05, 0) is 24.6 Å². The van der Waals surface area contributed by atoms with Gasteiger partial charge in [0.1, 0.15) is 5.60 Å². The summed E-state index contributed by atoms with van der Waals surface area (Å²) >= 11 is 0. The van der Waals surface area contributed by atoms with Crippen LogP contribution in [0.3, 0.4) is 0 Å². The molecule has 0 atom stereocenters. The molecule has 1 fully saturated rings. The smallest absolute Gasteiger partial charge is 0.389 e. The summed E-state index contributed by atoms with van der Waals surface area (Å²) in [6.45, 7) is 4.41. The van der Waals surface area contributed by atoms with Crippen molar-refractivity contribution in [1.82, 2.24) is 4.90 Å². The Hall–Kier alpha value is -1.56. The van der Waals surface area contributed by atoms with E-state index in [1.54, 1.807) is 12.1 Å². The Balaban J connectivity index is 1.55. The SMILES string of the molecule is CC1=NOC2(CCN(Cc3ccc(C(F)(F)F)cc3)CC2)C1. The van der Waals surface area contributed by atoms with Crippen LogP contribution in [-0.4, -0.2) is 29.3 Å². The van der Waals surface area contributed by atoms with Crippen LogP contribution < -0.4 is 0 Å². The summed E-state index contributed by atoms with van der Waals surface area (Å²) in [6, 6.07) is 5.43. The minimum absolute atomic E-state index is 0.138. The van der Waals surface area contributed by atoms with E-state index in [9.17, 15) is 13.2 Å². The van der Waals surface area contributed by atoms with Gasteiger partial charge in [0.2, 0.25) is 0 Å². The van der Waals surface area contributed by atoms with Gasteiger partial charge in [0.05, 0.1) is 11.3 Å². The van der Waals surface area contributed by atoms with Crippen molar-refractivity contribution in [2.75, 3.05) is 13.1 Å². The molecule has 0 unspecified atom stereocenters. The summed E-state index contributed by atoms with van der Waals surface area (Å²) in [6.07, 6.45) is -1.56. The number of benzene rings is 1. The largest absolute Gasteiger partial charge is 0.416 e. The molecule has 2 aliphatic heterocycles. The molecule has 6 heteroatoms. The molecule has 0 aliphatic carbocycles. The van der Waals surface area contributed by atoms with Gasteiger partial charge in [-0.2, -0.15) is 13.2 Å². The number of oxime groups is 1. The highest BCUT2D eigenvalue weighted by Gasteiger charge is 2.40. The molecule has 3 nitrogen and oxygen atoms in total. The molecule has 3 rings (SSSR count). The van der Waals surface area contributed by atoms with E-state index in [-0.39, 0.29) is 5.60 Å². The number of alkyl halides is 3. The average Bonchev–Trinajstić information content (AvgIpc) is 2.83. The van der Waals surface area contributed by atoms with Gasteiger partial charge < -0.3 is 4.84 Å². The van der Waals surface area contributed by atoms with Crippen molar-refractivity contribution in [2.24, 2.45) is 5.16 Å². The fourth-order valence-corrected chi connectivity index (χ4v) is 3.15. The van der Waals surface area contributed by atoms with Crippen LogP contribution in [0.5, 0.6) is 0 Å². The first-order valence-corrected chi connectivity index (χ1v) is 7.47. The van der Waals surface area contributed by atoms with Crippen LogP contribution in [0, 0.1) is 0 Å². The van der Waals surface area contributed by atoms with E-state index in [1.807, 2.05) is 6.92 Å². The minimum Gasteiger partial charge on any atom is -0.389 e. The normalized spacial score (nSPS) is 21.7. The Morgan fingerprint density at radius 1 is 1.18 bits per heavy atom. The van der Waals surface area contributed by atoms with Crippen LogP contribution in [0.2, 0.25) is 0 Å². The molecular formula is C16H19F3N2O. The van der Waals surface area contributed by atoms with Crippen molar-refractivity contribution in [3.8, 4) is 0 Å². The van der Waals surface area contributed by atoms with Crippen molar-refractivity contribution in [2.45, 2.75) is 44.5 Å². The highest BCUT2D eigenvalue weighted by atomic mass is 19.4. The van der Waals surface area contributed by atoms with Crippen LogP contribution in [0.4, 0.5) is 13.2 Å². The maximum atomic E-state index is 12.5. The highest BCUT2D eigenvalue weighted by Crippen LogP contribution is 2.35. The number of piperidine rings is 1. The zero-order chi connectivity index (χ0) is 15.8. The predicted molar refractivity (Wildman–Crippen MR) is 77.5 cm³/mol. The molecule has 22 heavy (non-hydrogen) atoms. The molecule has 1 aromatic rings. The molecular weight excluding hydrogens is 293 g/mol. The van der Waals surface area contributed by atoms with Crippen LogP contribution >= 0.6 is 0 Å². The third-order valence-corrected chi connectivity index (χ3v) is 4.43. The fraction of sp³-hybridized carbons (Fsp3) is 0.562. The number of halogens is 3. The Labute approximate surface area is 127 Å². The van der Waals surface area contributed by atoms with Crippen molar-refractivity contribution in [3.05, 3.63) is 35.4 Å². The third-order valence-electron chi connectivity index (χ3n) is 4.43. The standard InChI is InChI=1S/C16H19F3N2O/c1-12-10-15(22-20-12)6-8-21(9-7-15)11-13-2-4-14(5-3-13)16(17,18)19/h2-5H,6-11H2,1H3. The second kappa shape index (κ2) is 5.57. The Kier molecular flexibility index (Phi) is 3.89. The monoisotopic (exact) mass is 312 g/mol. The second-order valence-corrected chi connectivity index (χ2v) is 6.25. The van der Waals surface area contributed by atoms with E-state index < -0.39 is 11.7 Å². The number of rotatable bonds is 2. The lowest BCUT2D eigenvalue weighted by atomic mass is 9.87. The summed E-state index contributed by atoms with van der Waals surface area (Å²) in [5.41, 5.74) is 1.21. The lowest BCUT2D eigenvalue weighted by Crippen LogP contribution is -2.44. The summed E-state index contributed by atoms with van der Waals surface area (Å²) < 4.78 is 37.6.